The molecule has 3 aromatic rings. The van der Waals surface area contributed by atoms with Gasteiger partial charge in [-0.3, -0.25) is 0 Å². The predicted molar refractivity (Wildman–Crippen MR) is 67.1 cm³/mol. The summed E-state index contributed by atoms with van der Waals surface area (Å²) in [6.07, 6.45) is 1.99. The first-order chi connectivity index (χ1) is 7.77. The van der Waals surface area contributed by atoms with Gasteiger partial charge in [-0.15, -0.1) is 0 Å². The highest BCUT2D eigenvalue weighted by molar-refractivity contribution is 5.88. The molecule has 80 valence electrons. The zero-order chi connectivity index (χ0) is 11.1. The second-order valence-electron chi connectivity index (χ2n) is 4.17. The van der Waals surface area contributed by atoms with Crippen molar-refractivity contribution in [3.63, 3.8) is 0 Å². The third-order valence-electron chi connectivity index (χ3n) is 3.08. The normalized spacial score (nSPS) is 11.1. The molecule has 0 spiro atoms. The first-order valence-electron chi connectivity index (χ1n) is 5.49. The van der Waals surface area contributed by atoms with E-state index in [9.17, 15) is 0 Å². The Kier molecular flexibility index (Phi) is 1.90. The summed E-state index contributed by atoms with van der Waals surface area (Å²) in [6.45, 7) is 4.27. The van der Waals surface area contributed by atoms with Crippen molar-refractivity contribution in [2.45, 2.75) is 13.8 Å². The number of nitrogens with one attached hydrogen (secondary N) is 1. The molecule has 0 radical (unpaired) electrons. The van der Waals surface area contributed by atoms with Crippen LogP contribution in [0.1, 0.15) is 11.4 Å². The number of aromatic amines is 1. The number of fused-ring (bicyclic) bond motifs is 1. The van der Waals surface area contributed by atoms with Gasteiger partial charge in [-0.1, -0.05) is 6.07 Å². The summed E-state index contributed by atoms with van der Waals surface area (Å²) in [5.41, 5.74) is 4.97. The zero-order valence-electron chi connectivity index (χ0n) is 9.49. The topological polar surface area (TPSA) is 20.7 Å². The minimum absolute atomic E-state index is 1.19. The van der Waals surface area contributed by atoms with E-state index >= 15 is 0 Å². The van der Waals surface area contributed by atoms with Crippen LogP contribution in [0.25, 0.3) is 16.6 Å². The molecule has 0 aliphatic heterocycles. The van der Waals surface area contributed by atoms with E-state index in [1.54, 1.807) is 0 Å². The molecule has 2 heteroatoms. The van der Waals surface area contributed by atoms with Crippen LogP contribution in [0.5, 0.6) is 0 Å². The molecule has 0 atom stereocenters. The molecule has 2 heterocycles. The van der Waals surface area contributed by atoms with Crippen molar-refractivity contribution in [2.24, 2.45) is 0 Å². The SMILES string of the molecule is Cc1ccc(C)n1-c1cccc2[nH]ccc12. The molecular weight excluding hydrogens is 196 g/mol. The molecule has 3 rings (SSSR count). The molecule has 0 aliphatic rings. The first kappa shape index (κ1) is 9.28. The van der Waals surface area contributed by atoms with Crippen LogP contribution in [0.3, 0.4) is 0 Å². The van der Waals surface area contributed by atoms with Gasteiger partial charge in [-0.2, -0.15) is 0 Å². The molecule has 0 fully saturated rings. The Hall–Kier alpha value is -1.96. The van der Waals surface area contributed by atoms with Gasteiger partial charge in [0.05, 0.1) is 5.69 Å². The largest absolute Gasteiger partial charge is 0.361 e. The summed E-state index contributed by atoms with van der Waals surface area (Å²) >= 11 is 0. The number of rotatable bonds is 1. The number of nitrogens with zero attached hydrogens (tertiary/aromatic N) is 1. The molecule has 0 bridgehead atoms. The van der Waals surface area contributed by atoms with Crippen LogP contribution in [0.15, 0.2) is 42.6 Å². The summed E-state index contributed by atoms with van der Waals surface area (Å²) < 4.78 is 2.29. The van der Waals surface area contributed by atoms with E-state index in [0.29, 0.717) is 0 Å². The quantitative estimate of drug-likeness (QED) is 0.634. The van der Waals surface area contributed by atoms with Crippen molar-refractivity contribution in [2.75, 3.05) is 0 Å². The molecule has 16 heavy (non-hydrogen) atoms. The Balaban J connectivity index is 2.38. The smallest absolute Gasteiger partial charge is 0.0548 e. The lowest BCUT2D eigenvalue weighted by molar-refractivity contribution is 0.975. The second-order valence-corrected chi connectivity index (χ2v) is 4.17. The molecule has 0 saturated heterocycles. The van der Waals surface area contributed by atoms with Gasteiger partial charge in [0.15, 0.2) is 0 Å². The summed E-state index contributed by atoms with van der Waals surface area (Å²) in [5.74, 6) is 0. The number of benzene rings is 1. The van der Waals surface area contributed by atoms with E-state index in [-0.39, 0.29) is 0 Å². The van der Waals surface area contributed by atoms with Gasteiger partial charge in [0, 0.05) is 28.5 Å². The standard InChI is InChI=1S/C14H14N2/c1-10-6-7-11(2)16(10)14-5-3-4-13-12(14)8-9-15-13/h3-9,15H,1-2H3. The number of aromatic nitrogens is 2. The van der Waals surface area contributed by atoms with Crippen molar-refractivity contribution in [1.82, 2.24) is 9.55 Å². The van der Waals surface area contributed by atoms with Crippen molar-refractivity contribution >= 4 is 10.9 Å². The predicted octanol–water partition coefficient (Wildman–Crippen LogP) is 3.58. The maximum Gasteiger partial charge on any atom is 0.0548 e. The summed E-state index contributed by atoms with van der Waals surface area (Å²) in [4.78, 5) is 3.25. The third kappa shape index (κ3) is 1.20. The van der Waals surface area contributed by atoms with Crippen LogP contribution < -0.4 is 0 Å². The lowest BCUT2D eigenvalue weighted by Crippen LogP contribution is -1.98. The fourth-order valence-electron chi connectivity index (χ4n) is 2.31. The van der Waals surface area contributed by atoms with Crippen LogP contribution >= 0.6 is 0 Å². The molecule has 0 amide bonds. The first-order valence-corrected chi connectivity index (χ1v) is 5.49. The van der Waals surface area contributed by atoms with E-state index in [4.69, 9.17) is 0 Å². The van der Waals surface area contributed by atoms with Crippen LogP contribution in [0, 0.1) is 13.8 Å². The number of hydrogen-bond donors (Lipinski definition) is 1. The fourth-order valence-corrected chi connectivity index (χ4v) is 2.31. The molecule has 2 nitrogen and oxygen atoms in total. The molecule has 0 saturated carbocycles. The molecule has 0 aliphatic carbocycles. The monoisotopic (exact) mass is 210 g/mol. The van der Waals surface area contributed by atoms with E-state index in [0.717, 1.165) is 0 Å². The lowest BCUT2D eigenvalue weighted by atomic mass is 10.2. The van der Waals surface area contributed by atoms with Gasteiger partial charge in [0.25, 0.3) is 0 Å². The highest BCUT2D eigenvalue weighted by Crippen LogP contribution is 2.24. The van der Waals surface area contributed by atoms with Crippen molar-refractivity contribution in [3.05, 3.63) is 54.0 Å². The van der Waals surface area contributed by atoms with Crippen LogP contribution in [0.2, 0.25) is 0 Å². The number of hydrogen-bond acceptors (Lipinski definition) is 0. The Labute approximate surface area is 94.5 Å². The molecule has 1 N–H and O–H groups in total. The highest BCUT2D eigenvalue weighted by Gasteiger charge is 2.07. The maximum absolute atomic E-state index is 3.25. The molecular formula is C14H14N2. The van der Waals surface area contributed by atoms with E-state index in [2.05, 4.69) is 59.8 Å². The maximum atomic E-state index is 3.25. The van der Waals surface area contributed by atoms with Gasteiger partial charge in [0.1, 0.15) is 0 Å². The second kappa shape index (κ2) is 3.27. The van der Waals surface area contributed by atoms with Gasteiger partial charge in [-0.05, 0) is 44.2 Å². The van der Waals surface area contributed by atoms with Gasteiger partial charge in [-0.25, -0.2) is 0 Å². The average Bonchev–Trinajstić information content (AvgIpc) is 2.86. The van der Waals surface area contributed by atoms with Crippen molar-refractivity contribution in [1.29, 1.82) is 0 Å². The van der Waals surface area contributed by atoms with Crippen molar-refractivity contribution in [3.8, 4) is 5.69 Å². The van der Waals surface area contributed by atoms with Gasteiger partial charge < -0.3 is 9.55 Å². The average molecular weight is 210 g/mol. The van der Waals surface area contributed by atoms with Gasteiger partial charge in [0.2, 0.25) is 0 Å². The van der Waals surface area contributed by atoms with E-state index in [1.807, 2.05) is 6.20 Å². The Morgan fingerprint density at radius 2 is 1.69 bits per heavy atom. The Morgan fingerprint density at radius 3 is 2.44 bits per heavy atom. The highest BCUT2D eigenvalue weighted by atomic mass is 15.0. The lowest BCUT2D eigenvalue weighted by Gasteiger charge is -2.10. The van der Waals surface area contributed by atoms with Crippen LogP contribution in [-0.2, 0) is 0 Å². The third-order valence-corrected chi connectivity index (χ3v) is 3.08. The fraction of sp³-hybridized carbons (Fsp3) is 0.143. The van der Waals surface area contributed by atoms with E-state index < -0.39 is 0 Å². The number of H-pyrrole nitrogens is 1. The van der Waals surface area contributed by atoms with Crippen LogP contribution in [-0.4, -0.2) is 9.55 Å². The minimum Gasteiger partial charge on any atom is -0.361 e. The zero-order valence-corrected chi connectivity index (χ0v) is 9.49. The summed E-state index contributed by atoms with van der Waals surface area (Å²) in [7, 11) is 0. The van der Waals surface area contributed by atoms with E-state index in [1.165, 1.54) is 28.0 Å². The number of aryl methyl sites for hydroxylation is 2. The van der Waals surface area contributed by atoms with Gasteiger partial charge >= 0.3 is 0 Å². The summed E-state index contributed by atoms with van der Waals surface area (Å²) in [5, 5.41) is 1.27. The Bertz CT molecular complexity index is 624. The molecule has 1 aromatic carbocycles. The minimum atomic E-state index is 1.19. The van der Waals surface area contributed by atoms with Crippen LogP contribution in [0.4, 0.5) is 0 Å². The van der Waals surface area contributed by atoms with Crippen molar-refractivity contribution < 1.29 is 0 Å². The Morgan fingerprint density at radius 1 is 0.938 bits per heavy atom. The summed E-state index contributed by atoms with van der Waals surface area (Å²) in [6, 6.07) is 12.8. The molecule has 2 aromatic heterocycles. The molecule has 0 unspecified atom stereocenters.